The third kappa shape index (κ3) is 3.66. The number of hydrogen-bond donors (Lipinski definition) is 3. The lowest BCUT2D eigenvalue weighted by Gasteiger charge is -2.11. The van der Waals surface area contributed by atoms with Gasteiger partial charge in [0, 0.05) is 23.3 Å². The quantitative estimate of drug-likeness (QED) is 0.488. The first kappa shape index (κ1) is 17.6. The Balaban J connectivity index is 1.54. The molecule has 1 amide bonds. The molecule has 2 heterocycles. The van der Waals surface area contributed by atoms with Crippen molar-refractivity contribution in [1.82, 2.24) is 15.2 Å². The van der Waals surface area contributed by atoms with E-state index in [0.29, 0.717) is 17.4 Å². The topological polar surface area (TPSA) is 82.7 Å². The fourth-order valence-corrected chi connectivity index (χ4v) is 2.77. The van der Waals surface area contributed by atoms with Gasteiger partial charge in [0.2, 0.25) is 0 Å². The van der Waals surface area contributed by atoms with E-state index in [9.17, 15) is 13.6 Å². The van der Waals surface area contributed by atoms with Gasteiger partial charge in [0.05, 0.1) is 35.2 Å². The Morgan fingerprint density at radius 1 is 1.07 bits per heavy atom. The van der Waals surface area contributed by atoms with E-state index >= 15 is 0 Å². The highest BCUT2D eigenvalue weighted by atomic mass is 19.1. The summed E-state index contributed by atoms with van der Waals surface area (Å²) < 4.78 is 28.3. The molecule has 4 rings (SSSR count). The first-order valence-electron chi connectivity index (χ1n) is 8.47. The minimum Gasteiger partial charge on any atom is -0.377 e. The molecule has 0 fully saturated rings. The summed E-state index contributed by atoms with van der Waals surface area (Å²) in [5.41, 5.74) is 1.72. The van der Waals surface area contributed by atoms with Crippen LogP contribution in [-0.2, 0) is 6.54 Å². The molecule has 0 atom stereocenters. The zero-order valence-electron chi connectivity index (χ0n) is 14.5. The molecule has 140 valence electrons. The van der Waals surface area contributed by atoms with E-state index in [1.807, 2.05) is 0 Å². The minimum absolute atomic E-state index is 0.0162. The second-order valence-electron chi connectivity index (χ2n) is 6.11. The van der Waals surface area contributed by atoms with Crippen molar-refractivity contribution in [3.63, 3.8) is 0 Å². The van der Waals surface area contributed by atoms with Crippen LogP contribution in [0, 0.1) is 11.6 Å². The van der Waals surface area contributed by atoms with Gasteiger partial charge >= 0.3 is 0 Å². The van der Waals surface area contributed by atoms with Crippen molar-refractivity contribution in [1.29, 1.82) is 0 Å². The number of aromatic amines is 1. The second-order valence-corrected chi connectivity index (χ2v) is 6.11. The first-order chi connectivity index (χ1) is 13.6. The molecule has 6 nitrogen and oxygen atoms in total. The van der Waals surface area contributed by atoms with Gasteiger partial charge in [0.15, 0.2) is 0 Å². The molecule has 4 aromatic rings. The Bertz CT molecular complexity index is 1140. The third-order valence-electron chi connectivity index (χ3n) is 4.19. The highest BCUT2D eigenvalue weighted by Gasteiger charge is 2.17. The number of carbonyl (C=O) groups is 1. The van der Waals surface area contributed by atoms with E-state index in [-0.39, 0.29) is 17.8 Å². The fraction of sp³-hybridized carbons (Fsp3) is 0.0500. The molecule has 3 N–H and O–H groups in total. The lowest BCUT2D eigenvalue weighted by atomic mass is 10.1. The maximum absolute atomic E-state index is 14.2. The molecule has 0 saturated heterocycles. The number of aromatic nitrogens is 3. The number of fused-ring (bicyclic) bond motifs is 1. The standard InChI is InChI=1S/C20H15F2N5O/c21-16-9-17(22)19(24-11-14-3-1-2-6-23-14)8-15(16)20(28)26-13-4-5-18-12(7-13)10-25-27-18/h1-10,24H,11H2,(H,25,27)(H,26,28). The van der Waals surface area contributed by atoms with Crippen molar-refractivity contribution in [2.24, 2.45) is 0 Å². The molecule has 0 bridgehead atoms. The van der Waals surface area contributed by atoms with Gasteiger partial charge in [0.25, 0.3) is 5.91 Å². The van der Waals surface area contributed by atoms with Gasteiger partial charge < -0.3 is 10.6 Å². The Morgan fingerprint density at radius 2 is 1.96 bits per heavy atom. The highest BCUT2D eigenvalue weighted by molar-refractivity contribution is 6.05. The van der Waals surface area contributed by atoms with E-state index in [1.54, 1.807) is 48.8 Å². The van der Waals surface area contributed by atoms with Crippen molar-refractivity contribution in [3.05, 3.63) is 83.8 Å². The molecule has 28 heavy (non-hydrogen) atoms. The van der Waals surface area contributed by atoms with Crippen molar-refractivity contribution in [2.75, 3.05) is 10.6 Å². The molecule has 0 saturated carbocycles. The van der Waals surface area contributed by atoms with Crippen LogP contribution in [0.15, 0.2) is 60.9 Å². The summed E-state index contributed by atoms with van der Waals surface area (Å²) >= 11 is 0. The van der Waals surface area contributed by atoms with E-state index in [4.69, 9.17) is 0 Å². The first-order valence-corrected chi connectivity index (χ1v) is 8.47. The summed E-state index contributed by atoms with van der Waals surface area (Å²) in [6.07, 6.45) is 3.23. The van der Waals surface area contributed by atoms with Crippen molar-refractivity contribution < 1.29 is 13.6 Å². The Labute approximate surface area is 158 Å². The van der Waals surface area contributed by atoms with Crippen LogP contribution < -0.4 is 10.6 Å². The molecular formula is C20H15F2N5O. The number of benzene rings is 2. The molecule has 0 aliphatic heterocycles. The van der Waals surface area contributed by atoms with Crippen LogP contribution in [0.25, 0.3) is 10.9 Å². The van der Waals surface area contributed by atoms with Crippen LogP contribution >= 0.6 is 0 Å². The summed E-state index contributed by atoms with van der Waals surface area (Å²) in [4.78, 5) is 16.6. The van der Waals surface area contributed by atoms with Crippen molar-refractivity contribution >= 4 is 28.2 Å². The number of halogens is 2. The molecule has 8 heteroatoms. The zero-order valence-corrected chi connectivity index (χ0v) is 14.5. The number of nitrogens with one attached hydrogen (secondary N) is 3. The highest BCUT2D eigenvalue weighted by Crippen LogP contribution is 2.22. The van der Waals surface area contributed by atoms with Crippen molar-refractivity contribution in [3.8, 4) is 0 Å². The second kappa shape index (κ2) is 7.43. The van der Waals surface area contributed by atoms with Gasteiger partial charge in [0.1, 0.15) is 11.6 Å². The molecule has 0 spiro atoms. The maximum atomic E-state index is 14.2. The zero-order chi connectivity index (χ0) is 19.5. The fourth-order valence-electron chi connectivity index (χ4n) is 2.77. The van der Waals surface area contributed by atoms with Crippen LogP contribution in [0.5, 0.6) is 0 Å². The Kier molecular flexibility index (Phi) is 4.67. The molecule has 2 aromatic heterocycles. The average molecular weight is 379 g/mol. The van der Waals surface area contributed by atoms with Crippen molar-refractivity contribution in [2.45, 2.75) is 6.54 Å². The normalized spacial score (nSPS) is 10.8. The lowest BCUT2D eigenvalue weighted by Crippen LogP contribution is -2.15. The Morgan fingerprint density at radius 3 is 2.79 bits per heavy atom. The van der Waals surface area contributed by atoms with Gasteiger partial charge in [-0.05, 0) is 36.4 Å². The van der Waals surface area contributed by atoms with Crippen LogP contribution in [0.3, 0.4) is 0 Å². The summed E-state index contributed by atoms with van der Waals surface area (Å²) in [6, 6.07) is 12.3. The number of amides is 1. The molecule has 0 unspecified atom stereocenters. The number of H-pyrrole nitrogens is 1. The molecule has 0 aliphatic rings. The average Bonchev–Trinajstić information content (AvgIpc) is 3.16. The van der Waals surface area contributed by atoms with Crippen LogP contribution in [-0.4, -0.2) is 21.1 Å². The minimum atomic E-state index is -0.942. The monoisotopic (exact) mass is 379 g/mol. The smallest absolute Gasteiger partial charge is 0.258 e. The van der Waals surface area contributed by atoms with E-state index in [1.165, 1.54) is 0 Å². The maximum Gasteiger partial charge on any atom is 0.258 e. The largest absolute Gasteiger partial charge is 0.377 e. The number of anilines is 2. The van der Waals surface area contributed by atoms with Crippen LogP contribution in [0.2, 0.25) is 0 Å². The summed E-state index contributed by atoms with van der Waals surface area (Å²) in [5, 5.41) is 13.0. The van der Waals surface area contributed by atoms with Gasteiger partial charge in [-0.3, -0.25) is 14.9 Å². The SMILES string of the molecule is O=C(Nc1ccc2[nH]ncc2c1)c1cc(NCc2ccccn2)c(F)cc1F. The van der Waals surface area contributed by atoms with E-state index in [0.717, 1.165) is 17.0 Å². The van der Waals surface area contributed by atoms with Gasteiger partial charge in [-0.15, -0.1) is 0 Å². The molecular weight excluding hydrogens is 364 g/mol. The molecule has 0 radical (unpaired) electrons. The van der Waals surface area contributed by atoms with E-state index in [2.05, 4.69) is 25.8 Å². The summed E-state index contributed by atoms with van der Waals surface area (Å²) in [7, 11) is 0. The lowest BCUT2D eigenvalue weighted by molar-refractivity contribution is 0.102. The number of hydrogen-bond acceptors (Lipinski definition) is 4. The number of rotatable bonds is 5. The summed E-state index contributed by atoms with van der Waals surface area (Å²) in [5.74, 6) is -2.41. The Hall–Kier alpha value is -3.81. The third-order valence-corrected chi connectivity index (χ3v) is 4.19. The molecule has 2 aromatic carbocycles. The predicted octanol–water partition coefficient (Wildman–Crippen LogP) is 4.10. The number of carbonyl (C=O) groups excluding carboxylic acids is 1. The summed E-state index contributed by atoms with van der Waals surface area (Å²) in [6.45, 7) is 0.238. The van der Waals surface area contributed by atoms with Crippen LogP contribution in [0.4, 0.5) is 20.2 Å². The van der Waals surface area contributed by atoms with Crippen LogP contribution in [0.1, 0.15) is 16.1 Å². The number of pyridine rings is 1. The predicted molar refractivity (Wildman–Crippen MR) is 102 cm³/mol. The van der Waals surface area contributed by atoms with Gasteiger partial charge in [-0.2, -0.15) is 5.10 Å². The van der Waals surface area contributed by atoms with E-state index < -0.39 is 17.5 Å². The van der Waals surface area contributed by atoms with Gasteiger partial charge in [-0.1, -0.05) is 6.07 Å². The molecule has 0 aliphatic carbocycles. The number of nitrogens with zero attached hydrogens (tertiary/aromatic N) is 2. The van der Waals surface area contributed by atoms with Gasteiger partial charge in [-0.25, -0.2) is 8.78 Å².